The Morgan fingerprint density at radius 1 is 1.33 bits per heavy atom. The van der Waals surface area contributed by atoms with Gasteiger partial charge in [0.05, 0.1) is 3.79 Å². The summed E-state index contributed by atoms with van der Waals surface area (Å²) in [7, 11) is -3.41. The number of rotatable bonds is 5. The molecule has 2 aliphatic rings. The van der Waals surface area contributed by atoms with E-state index in [1.54, 1.807) is 16.4 Å². The van der Waals surface area contributed by atoms with Gasteiger partial charge in [-0.05, 0) is 59.7 Å². The lowest BCUT2D eigenvalue weighted by Crippen LogP contribution is -2.40. The van der Waals surface area contributed by atoms with E-state index in [1.807, 2.05) is 0 Å². The number of piperidine rings is 1. The summed E-state index contributed by atoms with van der Waals surface area (Å²) in [6.07, 6.45) is 4.79. The maximum absolute atomic E-state index is 12.8. The van der Waals surface area contributed by atoms with Crippen LogP contribution >= 0.6 is 27.3 Å². The van der Waals surface area contributed by atoms with Gasteiger partial charge in [-0.25, -0.2) is 8.42 Å². The van der Waals surface area contributed by atoms with Crippen LogP contribution in [0.3, 0.4) is 0 Å². The average molecular weight is 432 g/mol. The molecule has 0 unspecified atom stereocenters. The zero-order valence-corrected chi connectivity index (χ0v) is 16.2. The van der Waals surface area contributed by atoms with E-state index in [4.69, 9.17) is 4.52 Å². The second-order valence-corrected chi connectivity index (χ2v) is 11.1. The Morgan fingerprint density at radius 3 is 2.88 bits per heavy atom. The van der Waals surface area contributed by atoms with Crippen LogP contribution in [0.25, 0.3) is 0 Å². The minimum absolute atomic E-state index is 0.226. The van der Waals surface area contributed by atoms with Gasteiger partial charge in [-0.2, -0.15) is 9.29 Å². The Balaban J connectivity index is 1.44. The van der Waals surface area contributed by atoms with E-state index in [0.29, 0.717) is 35.5 Å². The summed E-state index contributed by atoms with van der Waals surface area (Å²) in [5.41, 5.74) is 0. The van der Waals surface area contributed by atoms with E-state index in [1.165, 1.54) is 11.3 Å². The van der Waals surface area contributed by atoms with Crippen molar-refractivity contribution < 1.29 is 12.9 Å². The smallest absolute Gasteiger partial charge is 0.252 e. The van der Waals surface area contributed by atoms with E-state index in [2.05, 4.69) is 26.1 Å². The van der Waals surface area contributed by atoms with Crippen molar-refractivity contribution in [3.05, 3.63) is 27.6 Å². The van der Waals surface area contributed by atoms with Crippen molar-refractivity contribution in [1.82, 2.24) is 14.4 Å². The van der Waals surface area contributed by atoms with Crippen molar-refractivity contribution in [3.8, 4) is 0 Å². The predicted octanol–water partition coefficient (Wildman–Crippen LogP) is 3.41. The topological polar surface area (TPSA) is 76.3 Å². The maximum Gasteiger partial charge on any atom is 0.252 e. The highest BCUT2D eigenvalue weighted by molar-refractivity contribution is 9.11. The van der Waals surface area contributed by atoms with Gasteiger partial charge in [0.2, 0.25) is 5.89 Å². The van der Waals surface area contributed by atoms with Crippen LogP contribution in [0.5, 0.6) is 0 Å². The van der Waals surface area contributed by atoms with E-state index in [-0.39, 0.29) is 5.92 Å². The quantitative estimate of drug-likeness (QED) is 0.724. The molecule has 2 aromatic heterocycles. The summed E-state index contributed by atoms with van der Waals surface area (Å²) in [5, 5.41) is 4.04. The highest BCUT2D eigenvalue weighted by atomic mass is 79.9. The summed E-state index contributed by atoms with van der Waals surface area (Å²) in [5.74, 6) is 2.15. The molecule has 0 N–H and O–H groups in total. The fourth-order valence-electron chi connectivity index (χ4n) is 3.08. The summed E-state index contributed by atoms with van der Waals surface area (Å²) in [6.45, 7) is 1.09. The maximum atomic E-state index is 12.8. The predicted molar refractivity (Wildman–Crippen MR) is 93.5 cm³/mol. The Hall–Kier alpha value is -0.770. The number of halogens is 1. The first-order valence-electron chi connectivity index (χ1n) is 8.10. The normalized spacial score (nSPS) is 22.8. The minimum atomic E-state index is -3.41. The third-order valence-corrected chi connectivity index (χ3v) is 8.47. The van der Waals surface area contributed by atoms with Crippen molar-refractivity contribution in [2.24, 2.45) is 5.92 Å². The molecule has 0 amide bonds. The molecule has 1 saturated carbocycles. The number of sulfonamides is 1. The van der Waals surface area contributed by atoms with Gasteiger partial charge in [0.15, 0.2) is 5.82 Å². The molecule has 2 fully saturated rings. The third-order valence-electron chi connectivity index (χ3n) is 4.51. The lowest BCUT2D eigenvalue weighted by Gasteiger charge is -2.30. The summed E-state index contributed by atoms with van der Waals surface area (Å²) >= 11 is 4.58. The monoisotopic (exact) mass is 431 g/mol. The third kappa shape index (κ3) is 3.44. The van der Waals surface area contributed by atoms with E-state index >= 15 is 0 Å². The van der Waals surface area contributed by atoms with Gasteiger partial charge < -0.3 is 4.52 Å². The molecule has 24 heavy (non-hydrogen) atoms. The molecule has 6 nitrogen and oxygen atoms in total. The summed E-state index contributed by atoms with van der Waals surface area (Å²) in [4.78, 5) is 4.47. The fraction of sp³-hybridized carbons (Fsp3) is 0.600. The van der Waals surface area contributed by atoms with Gasteiger partial charge in [0.1, 0.15) is 4.21 Å². The van der Waals surface area contributed by atoms with E-state index in [9.17, 15) is 8.42 Å². The van der Waals surface area contributed by atoms with E-state index in [0.717, 1.165) is 35.3 Å². The van der Waals surface area contributed by atoms with Crippen molar-refractivity contribution in [2.75, 3.05) is 13.1 Å². The lowest BCUT2D eigenvalue weighted by atomic mass is 9.96. The Morgan fingerprint density at radius 2 is 2.17 bits per heavy atom. The lowest BCUT2D eigenvalue weighted by molar-refractivity contribution is 0.247. The molecule has 130 valence electrons. The van der Waals surface area contributed by atoms with Gasteiger partial charge in [0.25, 0.3) is 10.0 Å². The Bertz CT molecular complexity index is 829. The summed E-state index contributed by atoms with van der Waals surface area (Å²) in [6, 6.07) is 3.43. The van der Waals surface area contributed by atoms with Crippen molar-refractivity contribution >= 4 is 37.3 Å². The van der Waals surface area contributed by atoms with Gasteiger partial charge in [-0.15, -0.1) is 11.3 Å². The largest absolute Gasteiger partial charge is 0.339 e. The molecule has 0 bridgehead atoms. The Labute approximate surface area is 153 Å². The van der Waals surface area contributed by atoms with E-state index < -0.39 is 10.0 Å². The zero-order valence-electron chi connectivity index (χ0n) is 13.0. The molecule has 0 radical (unpaired) electrons. The van der Waals surface area contributed by atoms with Gasteiger partial charge in [-0.1, -0.05) is 5.16 Å². The molecule has 1 atom stereocenters. The standard InChI is InChI=1S/C15H18BrN3O3S2/c16-12-5-6-14(23-12)24(20,21)19-7-1-2-10(9-19)8-13-17-15(18-22-13)11-3-4-11/h5-6,10-11H,1-4,7-9H2/t10-/m0/s1. The second-order valence-electron chi connectivity index (χ2n) is 6.45. The molecule has 1 aliphatic heterocycles. The van der Waals surface area contributed by atoms with Crippen LogP contribution < -0.4 is 0 Å². The number of thiophene rings is 1. The van der Waals surface area contributed by atoms with Crippen molar-refractivity contribution in [1.29, 1.82) is 0 Å². The first-order valence-corrected chi connectivity index (χ1v) is 11.2. The van der Waals surface area contributed by atoms with Gasteiger partial charge in [0, 0.05) is 25.4 Å². The van der Waals surface area contributed by atoms with Crippen LogP contribution in [0.1, 0.15) is 43.3 Å². The molecule has 4 rings (SSSR count). The second kappa shape index (κ2) is 6.51. The SMILES string of the molecule is O=S(=O)(c1ccc(Br)s1)N1CCC[C@@H](Cc2nc(C3CC3)no2)C1. The molecule has 0 spiro atoms. The van der Waals surface area contributed by atoms with Crippen LogP contribution in [0.15, 0.2) is 24.7 Å². The molecular weight excluding hydrogens is 414 g/mol. The van der Waals surface area contributed by atoms with Gasteiger partial charge in [-0.3, -0.25) is 0 Å². The first kappa shape index (κ1) is 16.7. The van der Waals surface area contributed by atoms with Crippen LogP contribution in [-0.2, 0) is 16.4 Å². The fourth-order valence-corrected chi connectivity index (χ4v) is 6.80. The molecule has 1 aliphatic carbocycles. The number of hydrogen-bond donors (Lipinski definition) is 0. The van der Waals surface area contributed by atoms with Gasteiger partial charge >= 0.3 is 0 Å². The van der Waals surface area contributed by atoms with Crippen LogP contribution in [-0.4, -0.2) is 36.0 Å². The highest BCUT2D eigenvalue weighted by Gasteiger charge is 2.33. The van der Waals surface area contributed by atoms with Crippen molar-refractivity contribution in [2.45, 2.75) is 42.2 Å². The van der Waals surface area contributed by atoms with Crippen LogP contribution in [0.2, 0.25) is 0 Å². The van der Waals surface area contributed by atoms with Crippen molar-refractivity contribution in [3.63, 3.8) is 0 Å². The average Bonchev–Trinajstić information content (AvgIpc) is 3.15. The molecule has 2 aromatic rings. The molecule has 0 aromatic carbocycles. The first-order chi connectivity index (χ1) is 11.5. The molecule has 1 saturated heterocycles. The number of aromatic nitrogens is 2. The Kier molecular flexibility index (Phi) is 4.53. The number of nitrogens with zero attached hydrogens (tertiary/aromatic N) is 3. The zero-order chi connectivity index (χ0) is 16.7. The van der Waals surface area contributed by atoms with Crippen LogP contribution in [0.4, 0.5) is 0 Å². The number of hydrogen-bond acceptors (Lipinski definition) is 6. The molecular formula is C15H18BrN3O3S2. The van der Waals surface area contributed by atoms with Crippen LogP contribution in [0, 0.1) is 5.92 Å². The summed E-state index contributed by atoms with van der Waals surface area (Å²) < 4.78 is 33.7. The minimum Gasteiger partial charge on any atom is -0.339 e. The highest BCUT2D eigenvalue weighted by Crippen LogP contribution is 2.38. The molecule has 3 heterocycles. The molecule has 9 heteroatoms.